The zero-order valence-corrected chi connectivity index (χ0v) is 18.7. The van der Waals surface area contributed by atoms with Crippen LogP contribution in [0, 0.1) is 5.92 Å². The molecule has 0 spiro atoms. The van der Waals surface area contributed by atoms with E-state index in [-0.39, 0.29) is 6.09 Å². The Bertz CT molecular complexity index is 680. The molecule has 29 heavy (non-hydrogen) atoms. The minimum atomic E-state index is -0.452. The summed E-state index contributed by atoms with van der Waals surface area (Å²) in [5.74, 6) is 1.08. The Morgan fingerprint density at radius 1 is 1.28 bits per heavy atom. The van der Waals surface area contributed by atoms with Crippen molar-refractivity contribution >= 4 is 28.5 Å². The zero-order chi connectivity index (χ0) is 20.9. The minimum absolute atomic E-state index is 0.205. The molecule has 1 amide bonds. The highest BCUT2D eigenvalue weighted by atomic mass is 32.1. The lowest BCUT2D eigenvalue weighted by atomic mass is 9.95. The van der Waals surface area contributed by atoms with Crippen LogP contribution >= 0.6 is 11.3 Å². The van der Waals surface area contributed by atoms with Crippen molar-refractivity contribution in [2.24, 2.45) is 16.6 Å². The maximum Gasteiger partial charge on any atom is 0.410 e. The predicted octanol–water partition coefficient (Wildman–Crippen LogP) is 2.62. The standard InChI is InChI=1S/C20H34N6O2S/c1-20(2,3)28-19(27)26-9-4-5-16(15-26)6-7-22-17(21)24-10-12-25(13-11-24)18-23-8-14-29-18/h8,14,16H,4-7,9-13,15H2,1-3H3,(H2,21,22). The number of aliphatic imine (C=N–C) groups is 1. The van der Waals surface area contributed by atoms with E-state index in [1.54, 1.807) is 11.3 Å². The maximum atomic E-state index is 12.3. The fraction of sp³-hybridized carbons (Fsp3) is 0.750. The number of anilines is 1. The van der Waals surface area contributed by atoms with Crippen molar-refractivity contribution in [2.75, 3.05) is 50.7 Å². The molecule has 2 fully saturated rings. The monoisotopic (exact) mass is 422 g/mol. The Hall–Kier alpha value is -2.03. The molecule has 8 nitrogen and oxygen atoms in total. The predicted molar refractivity (Wildman–Crippen MR) is 118 cm³/mol. The topological polar surface area (TPSA) is 87.3 Å². The Morgan fingerprint density at radius 3 is 2.69 bits per heavy atom. The van der Waals surface area contributed by atoms with E-state index in [2.05, 4.69) is 19.8 Å². The number of rotatable bonds is 4. The number of carbonyl (C=O) groups excluding carboxylic acids is 1. The SMILES string of the molecule is CC(C)(C)OC(=O)N1CCCC(CCN=C(N)N2CCN(c3nccs3)CC2)C1. The molecule has 0 radical (unpaired) electrons. The highest BCUT2D eigenvalue weighted by Crippen LogP contribution is 2.22. The summed E-state index contributed by atoms with van der Waals surface area (Å²) in [6.45, 7) is 11.5. The number of guanidine groups is 1. The molecule has 0 bridgehead atoms. The molecule has 1 aromatic heterocycles. The molecule has 3 heterocycles. The van der Waals surface area contributed by atoms with Gasteiger partial charge in [0.15, 0.2) is 11.1 Å². The van der Waals surface area contributed by atoms with Crippen molar-refractivity contribution in [3.8, 4) is 0 Å². The summed E-state index contributed by atoms with van der Waals surface area (Å²) in [4.78, 5) is 27.6. The highest BCUT2D eigenvalue weighted by molar-refractivity contribution is 7.13. The van der Waals surface area contributed by atoms with Crippen LogP contribution in [-0.2, 0) is 4.74 Å². The van der Waals surface area contributed by atoms with Crippen LogP contribution in [0.2, 0.25) is 0 Å². The second kappa shape index (κ2) is 9.65. The summed E-state index contributed by atoms with van der Waals surface area (Å²) >= 11 is 1.67. The molecular formula is C20H34N6O2S. The zero-order valence-electron chi connectivity index (χ0n) is 17.8. The molecule has 2 N–H and O–H groups in total. The molecule has 9 heteroatoms. The molecule has 1 unspecified atom stereocenters. The van der Waals surface area contributed by atoms with E-state index in [0.717, 1.165) is 63.7 Å². The highest BCUT2D eigenvalue weighted by Gasteiger charge is 2.27. The summed E-state index contributed by atoms with van der Waals surface area (Å²) in [6, 6.07) is 0. The van der Waals surface area contributed by atoms with Crippen LogP contribution in [0.1, 0.15) is 40.0 Å². The number of nitrogens with zero attached hydrogens (tertiary/aromatic N) is 5. The lowest BCUT2D eigenvalue weighted by Gasteiger charge is -2.35. The van der Waals surface area contributed by atoms with E-state index in [4.69, 9.17) is 10.5 Å². The van der Waals surface area contributed by atoms with Crippen LogP contribution in [0.15, 0.2) is 16.6 Å². The largest absolute Gasteiger partial charge is 0.444 e. The van der Waals surface area contributed by atoms with Gasteiger partial charge in [0.1, 0.15) is 5.60 Å². The van der Waals surface area contributed by atoms with Gasteiger partial charge in [-0.25, -0.2) is 9.78 Å². The summed E-state index contributed by atoms with van der Waals surface area (Å²) in [6.07, 6.45) is 4.72. The average molecular weight is 423 g/mol. The van der Waals surface area contributed by atoms with Crippen LogP contribution < -0.4 is 10.6 Å². The first-order chi connectivity index (χ1) is 13.8. The number of likely N-dealkylation sites (tertiary alicyclic amines) is 1. The van der Waals surface area contributed by atoms with Gasteiger partial charge < -0.3 is 25.2 Å². The average Bonchev–Trinajstić information content (AvgIpc) is 3.22. The van der Waals surface area contributed by atoms with E-state index in [0.29, 0.717) is 18.4 Å². The van der Waals surface area contributed by atoms with Gasteiger partial charge >= 0.3 is 6.09 Å². The Morgan fingerprint density at radius 2 is 2.03 bits per heavy atom. The van der Waals surface area contributed by atoms with Crippen molar-refractivity contribution in [3.05, 3.63) is 11.6 Å². The van der Waals surface area contributed by atoms with E-state index >= 15 is 0 Å². The third-order valence-corrected chi connectivity index (χ3v) is 6.11. The van der Waals surface area contributed by atoms with E-state index in [1.807, 2.05) is 37.2 Å². The second-order valence-electron chi connectivity index (χ2n) is 8.75. The quantitative estimate of drug-likeness (QED) is 0.593. The van der Waals surface area contributed by atoms with Gasteiger partial charge in [0.2, 0.25) is 0 Å². The van der Waals surface area contributed by atoms with Gasteiger partial charge in [-0.2, -0.15) is 0 Å². The molecule has 162 valence electrons. The molecule has 1 aromatic rings. The number of piperidine rings is 1. The number of hydrogen-bond donors (Lipinski definition) is 1. The third-order valence-electron chi connectivity index (χ3n) is 5.28. The number of aromatic nitrogens is 1. The van der Waals surface area contributed by atoms with Gasteiger partial charge in [0.25, 0.3) is 0 Å². The van der Waals surface area contributed by atoms with Crippen LogP contribution in [0.4, 0.5) is 9.93 Å². The van der Waals surface area contributed by atoms with Crippen LogP contribution in [0.3, 0.4) is 0 Å². The van der Waals surface area contributed by atoms with Crippen LogP contribution in [-0.4, -0.2) is 78.3 Å². The number of carbonyl (C=O) groups is 1. The lowest BCUT2D eigenvalue weighted by Crippen LogP contribution is -2.51. The molecular weight excluding hydrogens is 388 g/mol. The first kappa shape index (κ1) is 21.7. The normalized spacial score (nSPS) is 21.4. The lowest BCUT2D eigenvalue weighted by molar-refractivity contribution is 0.0163. The summed E-state index contributed by atoms with van der Waals surface area (Å²) in [7, 11) is 0. The van der Waals surface area contributed by atoms with Crippen LogP contribution in [0.25, 0.3) is 0 Å². The van der Waals surface area contributed by atoms with Gasteiger partial charge in [0.05, 0.1) is 0 Å². The number of hydrogen-bond acceptors (Lipinski definition) is 6. The van der Waals surface area contributed by atoms with Gasteiger partial charge in [-0.1, -0.05) is 0 Å². The Balaban J connectivity index is 1.40. The number of piperazine rings is 1. The van der Waals surface area contributed by atoms with Crippen molar-refractivity contribution in [1.82, 2.24) is 14.8 Å². The fourth-order valence-corrected chi connectivity index (χ4v) is 4.45. The van der Waals surface area contributed by atoms with Crippen molar-refractivity contribution in [3.63, 3.8) is 0 Å². The van der Waals surface area contributed by atoms with Crippen molar-refractivity contribution in [1.29, 1.82) is 0 Å². The van der Waals surface area contributed by atoms with Gasteiger partial charge in [-0.05, 0) is 46.0 Å². The molecule has 3 rings (SSSR count). The van der Waals surface area contributed by atoms with Gasteiger partial charge in [0, 0.05) is 57.4 Å². The van der Waals surface area contributed by atoms with Crippen molar-refractivity contribution < 1.29 is 9.53 Å². The van der Waals surface area contributed by atoms with E-state index in [9.17, 15) is 4.79 Å². The first-order valence-corrected chi connectivity index (χ1v) is 11.4. The Kier molecular flexibility index (Phi) is 7.21. The number of ether oxygens (including phenoxy) is 1. The fourth-order valence-electron chi connectivity index (χ4n) is 3.75. The number of nitrogens with two attached hydrogens (primary N) is 1. The molecule has 0 saturated carbocycles. The summed E-state index contributed by atoms with van der Waals surface area (Å²) in [5.41, 5.74) is 5.78. The third kappa shape index (κ3) is 6.48. The molecule has 2 aliphatic rings. The minimum Gasteiger partial charge on any atom is -0.444 e. The van der Waals surface area contributed by atoms with Gasteiger partial charge in [-0.3, -0.25) is 4.99 Å². The van der Waals surface area contributed by atoms with Gasteiger partial charge in [-0.15, -0.1) is 11.3 Å². The Labute approximate surface area is 177 Å². The summed E-state index contributed by atoms with van der Waals surface area (Å²) in [5, 5.41) is 3.08. The first-order valence-electron chi connectivity index (χ1n) is 10.5. The molecule has 2 aliphatic heterocycles. The number of amides is 1. The number of thiazole rings is 1. The smallest absolute Gasteiger partial charge is 0.410 e. The molecule has 0 aromatic carbocycles. The van der Waals surface area contributed by atoms with E-state index in [1.165, 1.54) is 0 Å². The molecule has 1 atom stereocenters. The second-order valence-corrected chi connectivity index (χ2v) is 9.62. The maximum absolute atomic E-state index is 12.3. The van der Waals surface area contributed by atoms with Crippen LogP contribution in [0.5, 0.6) is 0 Å². The molecule has 0 aliphatic carbocycles. The van der Waals surface area contributed by atoms with Crippen molar-refractivity contribution in [2.45, 2.75) is 45.6 Å². The summed E-state index contributed by atoms with van der Waals surface area (Å²) < 4.78 is 5.51. The van der Waals surface area contributed by atoms with E-state index < -0.39 is 5.60 Å². The molecule has 2 saturated heterocycles.